The third-order valence-corrected chi connectivity index (χ3v) is 6.63. The summed E-state index contributed by atoms with van der Waals surface area (Å²) in [4.78, 5) is 15.8. The van der Waals surface area contributed by atoms with E-state index in [0.29, 0.717) is 12.3 Å². The summed E-state index contributed by atoms with van der Waals surface area (Å²) < 4.78 is 61.1. The van der Waals surface area contributed by atoms with Crippen LogP contribution in [0.25, 0.3) is 0 Å². The van der Waals surface area contributed by atoms with Gasteiger partial charge >= 0.3 is 0 Å². The van der Waals surface area contributed by atoms with Crippen molar-refractivity contribution in [1.82, 2.24) is 14.6 Å². The van der Waals surface area contributed by atoms with Gasteiger partial charge in [-0.2, -0.15) is 4.31 Å². The third-order valence-electron chi connectivity index (χ3n) is 5.01. The molecule has 2 aromatic rings. The van der Waals surface area contributed by atoms with E-state index in [2.05, 4.69) is 15.6 Å². The average molecular weight is 439 g/mol. The number of hydrogen-bond acceptors (Lipinski definition) is 5. The van der Waals surface area contributed by atoms with Crippen molar-refractivity contribution in [2.75, 3.05) is 19.0 Å². The van der Waals surface area contributed by atoms with E-state index in [-0.39, 0.29) is 30.2 Å². The van der Waals surface area contributed by atoms with Crippen LogP contribution in [0.1, 0.15) is 22.5 Å². The Morgan fingerprint density at radius 3 is 2.90 bits per heavy atom. The molecule has 3 N–H and O–H groups in total. The molecule has 0 saturated carbocycles. The first-order valence-electron chi connectivity index (χ1n) is 8.78. The molecule has 8 nitrogen and oxygen atoms in total. The van der Waals surface area contributed by atoms with Crippen molar-refractivity contribution in [2.45, 2.75) is 17.4 Å². The maximum absolute atomic E-state index is 14.8. The van der Waals surface area contributed by atoms with Crippen molar-refractivity contribution < 1.29 is 27.3 Å². The molecule has 3 atom stereocenters. The Hall–Kier alpha value is -2.83. The summed E-state index contributed by atoms with van der Waals surface area (Å²) in [5.74, 6) is -3.84. The molecular formula is C18H16F3N5O3S. The number of amides is 1. The number of benzene rings is 1. The minimum Gasteiger partial charge on any atom is -0.591 e. The summed E-state index contributed by atoms with van der Waals surface area (Å²) in [7, 11) is 1.45. The van der Waals surface area contributed by atoms with E-state index in [1.807, 2.05) is 0 Å². The smallest absolute Gasteiger partial charge is 0.277 e. The monoisotopic (exact) mass is 439 g/mol. The molecular weight excluding hydrogens is 423 g/mol. The average Bonchev–Trinajstić information content (AvgIpc) is 3.12. The van der Waals surface area contributed by atoms with Crippen LogP contribution < -0.4 is 10.6 Å². The fraction of sp³-hybridized carbons (Fsp3) is 0.278. The van der Waals surface area contributed by atoms with Gasteiger partial charge in [0.1, 0.15) is 28.5 Å². The number of ether oxygens (including phenoxy) is 1. The molecule has 158 valence electrons. The van der Waals surface area contributed by atoms with Gasteiger partial charge in [-0.3, -0.25) is 10.2 Å². The summed E-state index contributed by atoms with van der Waals surface area (Å²) in [6.45, 7) is 0.186. The van der Waals surface area contributed by atoms with Crippen LogP contribution in [0, 0.1) is 22.9 Å². The molecule has 1 amide bonds. The molecule has 2 fully saturated rings. The van der Waals surface area contributed by atoms with E-state index >= 15 is 0 Å². The summed E-state index contributed by atoms with van der Waals surface area (Å²) in [5, 5.41) is 13.3. The van der Waals surface area contributed by atoms with Crippen LogP contribution >= 0.6 is 0 Å². The van der Waals surface area contributed by atoms with E-state index in [1.165, 1.54) is 23.5 Å². The molecule has 2 aliphatic heterocycles. The van der Waals surface area contributed by atoms with Crippen molar-refractivity contribution in [2.24, 2.45) is 0 Å². The van der Waals surface area contributed by atoms with Crippen molar-refractivity contribution in [3.8, 4) is 0 Å². The topological polar surface area (TPSA) is 113 Å². The number of nitrogens with zero attached hydrogens (tertiary/aromatic N) is 2. The van der Waals surface area contributed by atoms with E-state index in [0.717, 1.165) is 6.07 Å². The van der Waals surface area contributed by atoms with Gasteiger partial charge in [-0.25, -0.2) is 18.2 Å². The van der Waals surface area contributed by atoms with Crippen LogP contribution in [0.5, 0.6) is 0 Å². The second-order valence-electron chi connectivity index (χ2n) is 6.80. The maximum Gasteiger partial charge on any atom is 0.277 e. The zero-order valence-corrected chi connectivity index (χ0v) is 16.4. The highest BCUT2D eigenvalue weighted by molar-refractivity contribution is 7.90. The number of nitrogens with one attached hydrogen (secondary N) is 3. The first kappa shape index (κ1) is 20.4. The lowest BCUT2D eigenvalue weighted by atomic mass is 9.87. The summed E-state index contributed by atoms with van der Waals surface area (Å²) in [6, 6.07) is 4.19. The molecule has 30 heavy (non-hydrogen) atoms. The van der Waals surface area contributed by atoms with Crippen molar-refractivity contribution >= 4 is 28.9 Å². The Bertz CT molecular complexity index is 1040. The number of carbonyl (C=O) groups excluding carboxylic acids is 1. The van der Waals surface area contributed by atoms with Crippen LogP contribution in [0.15, 0.2) is 30.5 Å². The van der Waals surface area contributed by atoms with E-state index in [4.69, 9.17) is 10.1 Å². The van der Waals surface area contributed by atoms with Gasteiger partial charge in [0.05, 0.1) is 19.9 Å². The number of anilines is 1. The summed E-state index contributed by atoms with van der Waals surface area (Å²) in [5.41, 5.74) is -2.70. The van der Waals surface area contributed by atoms with Crippen molar-refractivity contribution in [3.05, 3.63) is 59.2 Å². The lowest BCUT2D eigenvalue weighted by molar-refractivity contribution is 0.101. The second kappa shape index (κ2) is 7.45. The van der Waals surface area contributed by atoms with Gasteiger partial charge in [-0.1, -0.05) is 0 Å². The standard InChI is InChI=1S/C18H16F3N5O3S/c1-26-17(22)25-18(4-5-29-16(18)30(26)28)11-7-10(2-3-12(11)20)24-15(27)14-13(21)6-9(19)8-23-14/h2-3,6-8,16H,4-5H2,1H3,(H2,22,25)(H,24,27). The van der Waals surface area contributed by atoms with Crippen LogP contribution in [-0.2, 0) is 21.6 Å². The molecule has 0 radical (unpaired) electrons. The summed E-state index contributed by atoms with van der Waals surface area (Å²) in [6.07, 6.45) is 0.943. The Balaban J connectivity index is 1.68. The highest BCUT2D eigenvalue weighted by atomic mass is 32.2. The number of fused-ring (bicyclic) bond motifs is 1. The number of rotatable bonds is 3. The molecule has 3 unspecified atom stereocenters. The molecule has 0 aliphatic carbocycles. The van der Waals surface area contributed by atoms with Gasteiger partial charge in [0.25, 0.3) is 11.3 Å². The normalized spacial score (nSPS) is 25.6. The Morgan fingerprint density at radius 1 is 1.40 bits per heavy atom. The number of hydrogen-bond donors (Lipinski definition) is 3. The van der Waals surface area contributed by atoms with Crippen LogP contribution in [0.4, 0.5) is 18.9 Å². The molecule has 0 spiro atoms. The first-order valence-corrected chi connectivity index (χ1v) is 9.95. The second-order valence-corrected chi connectivity index (χ2v) is 8.33. The van der Waals surface area contributed by atoms with Gasteiger partial charge in [-0.15, -0.1) is 0 Å². The SMILES string of the molecule is CN1C(=N)NC2(c3cc(NC(=O)c4ncc(F)cc4F)ccc3F)CCOC2[S+]1[O-]. The maximum atomic E-state index is 14.8. The predicted octanol–water partition coefficient (Wildman–Crippen LogP) is 1.83. The molecule has 3 heterocycles. The Morgan fingerprint density at radius 2 is 2.17 bits per heavy atom. The van der Waals surface area contributed by atoms with Gasteiger partial charge in [0.15, 0.2) is 11.5 Å². The van der Waals surface area contributed by atoms with Crippen molar-refractivity contribution in [1.29, 1.82) is 5.41 Å². The quantitative estimate of drug-likeness (QED) is 0.629. The predicted molar refractivity (Wildman–Crippen MR) is 101 cm³/mol. The van der Waals surface area contributed by atoms with Crippen LogP contribution in [0.3, 0.4) is 0 Å². The number of halogens is 3. The number of aromatic nitrogens is 1. The Kier molecular flexibility index (Phi) is 5.08. The highest BCUT2D eigenvalue weighted by Gasteiger charge is 2.60. The third kappa shape index (κ3) is 3.26. The highest BCUT2D eigenvalue weighted by Crippen LogP contribution is 2.43. The number of pyridine rings is 1. The fourth-order valence-corrected chi connectivity index (χ4v) is 4.88. The fourth-order valence-electron chi connectivity index (χ4n) is 3.51. The van der Waals surface area contributed by atoms with Gasteiger partial charge in [0, 0.05) is 23.7 Å². The molecule has 2 saturated heterocycles. The van der Waals surface area contributed by atoms with E-state index in [9.17, 15) is 22.5 Å². The van der Waals surface area contributed by atoms with Gasteiger partial charge < -0.3 is 19.9 Å². The van der Waals surface area contributed by atoms with Gasteiger partial charge in [0.2, 0.25) is 5.96 Å². The largest absolute Gasteiger partial charge is 0.591 e. The number of guanidine groups is 1. The lowest BCUT2D eigenvalue weighted by Crippen LogP contribution is -2.65. The van der Waals surface area contributed by atoms with Crippen LogP contribution in [0.2, 0.25) is 0 Å². The first-order chi connectivity index (χ1) is 14.2. The Labute approximate surface area is 172 Å². The zero-order chi connectivity index (χ0) is 21.6. The molecule has 1 aromatic carbocycles. The van der Waals surface area contributed by atoms with Gasteiger partial charge in [-0.05, 0) is 18.2 Å². The molecule has 1 aromatic heterocycles. The van der Waals surface area contributed by atoms with E-state index < -0.39 is 51.4 Å². The minimum absolute atomic E-state index is 0.0431. The number of carbonyl (C=O) groups is 1. The lowest BCUT2D eigenvalue weighted by Gasteiger charge is -2.43. The van der Waals surface area contributed by atoms with Crippen molar-refractivity contribution in [3.63, 3.8) is 0 Å². The zero-order valence-electron chi connectivity index (χ0n) is 15.5. The molecule has 0 bridgehead atoms. The molecule has 12 heteroatoms. The van der Waals surface area contributed by atoms with Crippen LogP contribution in [-0.4, -0.2) is 44.8 Å². The molecule has 2 aliphatic rings. The summed E-state index contributed by atoms with van der Waals surface area (Å²) >= 11 is -1.75. The minimum atomic E-state index is -1.75. The van der Waals surface area contributed by atoms with E-state index in [1.54, 1.807) is 0 Å². The molecule has 4 rings (SSSR count).